The van der Waals surface area contributed by atoms with E-state index in [9.17, 15) is 4.79 Å². The summed E-state index contributed by atoms with van der Waals surface area (Å²) in [5.41, 5.74) is 5.88. The van der Waals surface area contributed by atoms with Gasteiger partial charge < -0.3 is 14.7 Å². The second-order valence-corrected chi connectivity index (χ2v) is 8.54. The Kier molecular flexibility index (Phi) is 5.56. The first-order chi connectivity index (χ1) is 16.0. The molecule has 3 heterocycles. The molecular formula is C25H22ClN5O2. The maximum absolute atomic E-state index is 13.2. The first-order valence-electron chi connectivity index (χ1n) is 10.7. The summed E-state index contributed by atoms with van der Waals surface area (Å²) >= 11 is 6.00. The smallest absolute Gasteiger partial charge is 0.254 e. The molecule has 0 unspecified atom stereocenters. The number of nitrogens with zero attached hydrogens (tertiary/aromatic N) is 4. The Morgan fingerprint density at radius 2 is 1.82 bits per heavy atom. The summed E-state index contributed by atoms with van der Waals surface area (Å²) in [7, 11) is 0. The van der Waals surface area contributed by atoms with E-state index in [-0.39, 0.29) is 5.91 Å². The van der Waals surface area contributed by atoms with Crippen molar-refractivity contribution in [3.8, 4) is 11.3 Å². The minimum Gasteiger partial charge on any atom is -0.356 e. The number of carbonyl (C=O) groups excluding carboxylic acids is 1. The average molecular weight is 460 g/mol. The number of fused-ring (bicyclic) bond motifs is 1. The molecule has 5 rings (SSSR count). The van der Waals surface area contributed by atoms with Crippen LogP contribution >= 0.6 is 11.6 Å². The first kappa shape index (κ1) is 21.2. The Balaban J connectivity index is 1.33. The highest BCUT2D eigenvalue weighted by Gasteiger charge is 2.28. The predicted octanol–water partition coefficient (Wildman–Crippen LogP) is 5.34. The van der Waals surface area contributed by atoms with E-state index < -0.39 is 0 Å². The zero-order valence-electron chi connectivity index (χ0n) is 18.3. The number of anilines is 2. The molecule has 33 heavy (non-hydrogen) atoms. The third kappa shape index (κ3) is 4.45. The van der Waals surface area contributed by atoms with Crippen molar-refractivity contribution in [1.29, 1.82) is 0 Å². The number of aryl methyl sites for hydroxylation is 2. The van der Waals surface area contributed by atoms with E-state index in [1.165, 1.54) is 0 Å². The van der Waals surface area contributed by atoms with E-state index in [0.29, 0.717) is 36.0 Å². The number of halogens is 1. The number of amides is 1. The maximum Gasteiger partial charge on any atom is 0.254 e. The Bertz CT molecular complexity index is 1310. The minimum atomic E-state index is -0.0540. The number of rotatable bonds is 4. The summed E-state index contributed by atoms with van der Waals surface area (Å²) in [6, 6.07) is 16.8. The van der Waals surface area contributed by atoms with Gasteiger partial charge in [0.2, 0.25) is 5.95 Å². The van der Waals surface area contributed by atoms with E-state index >= 15 is 0 Å². The zero-order valence-corrected chi connectivity index (χ0v) is 19.1. The van der Waals surface area contributed by atoms with Crippen molar-refractivity contribution in [2.45, 2.75) is 26.8 Å². The molecule has 1 aliphatic rings. The summed E-state index contributed by atoms with van der Waals surface area (Å²) in [5, 5.41) is 8.11. The third-order valence-corrected chi connectivity index (χ3v) is 5.84. The van der Waals surface area contributed by atoms with Crippen molar-refractivity contribution in [2.24, 2.45) is 0 Å². The number of benzene rings is 2. The Hall–Kier alpha value is -3.71. The molecule has 2 aromatic carbocycles. The third-order valence-electron chi connectivity index (χ3n) is 5.58. The summed E-state index contributed by atoms with van der Waals surface area (Å²) in [6.45, 7) is 4.84. The van der Waals surface area contributed by atoms with Crippen LogP contribution in [0.4, 0.5) is 11.6 Å². The molecule has 0 saturated carbocycles. The molecule has 4 aromatic rings. The lowest BCUT2D eigenvalue weighted by Gasteiger charge is -2.26. The lowest BCUT2D eigenvalue weighted by atomic mass is 10.00. The van der Waals surface area contributed by atoms with Crippen LogP contribution in [0.15, 0.2) is 59.1 Å². The Labute approximate surface area is 196 Å². The van der Waals surface area contributed by atoms with Gasteiger partial charge in [0.25, 0.3) is 5.91 Å². The quantitative estimate of drug-likeness (QED) is 0.443. The molecule has 1 N–H and O–H groups in total. The molecule has 0 spiro atoms. The second kappa shape index (κ2) is 8.67. The van der Waals surface area contributed by atoms with Gasteiger partial charge in [0.1, 0.15) is 5.69 Å². The van der Waals surface area contributed by atoms with Crippen LogP contribution in [-0.4, -0.2) is 32.5 Å². The van der Waals surface area contributed by atoms with Crippen molar-refractivity contribution in [2.75, 3.05) is 11.9 Å². The first-order valence-corrected chi connectivity index (χ1v) is 11.1. The van der Waals surface area contributed by atoms with Crippen LogP contribution in [0.3, 0.4) is 0 Å². The van der Waals surface area contributed by atoms with E-state index in [0.717, 1.165) is 39.7 Å². The highest BCUT2D eigenvalue weighted by atomic mass is 35.5. The summed E-state index contributed by atoms with van der Waals surface area (Å²) in [4.78, 5) is 23.8. The van der Waals surface area contributed by atoms with Crippen LogP contribution in [0, 0.1) is 13.8 Å². The van der Waals surface area contributed by atoms with Crippen LogP contribution in [0.5, 0.6) is 0 Å². The molecule has 0 radical (unpaired) electrons. The van der Waals surface area contributed by atoms with Gasteiger partial charge >= 0.3 is 0 Å². The molecule has 0 bridgehead atoms. The zero-order chi connectivity index (χ0) is 22.9. The maximum atomic E-state index is 13.2. The van der Waals surface area contributed by atoms with Crippen LogP contribution in [-0.2, 0) is 13.0 Å². The SMILES string of the molecule is Cc1cc(C)nc(Nc2cccc(C(=O)N3CCc4c(noc4-c4ccc(Cl)cc4)C3)c2)n1. The van der Waals surface area contributed by atoms with Crippen molar-refractivity contribution >= 4 is 29.1 Å². The van der Waals surface area contributed by atoms with Gasteiger partial charge in [-0.1, -0.05) is 22.8 Å². The molecule has 1 aliphatic heterocycles. The Morgan fingerprint density at radius 3 is 2.58 bits per heavy atom. The highest BCUT2D eigenvalue weighted by molar-refractivity contribution is 6.30. The van der Waals surface area contributed by atoms with E-state index in [1.54, 1.807) is 4.90 Å². The van der Waals surface area contributed by atoms with Crippen molar-refractivity contribution < 1.29 is 9.32 Å². The van der Waals surface area contributed by atoms with Crippen LogP contribution in [0.2, 0.25) is 5.02 Å². The van der Waals surface area contributed by atoms with Crippen molar-refractivity contribution in [3.63, 3.8) is 0 Å². The minimum absolute atomic E-state index is 0.0540. The lowest BCUT2D eigenvalue weighted by molar-refractivity contribution is 0.0731. The van der Waals surface area contributed by atoms with E-state index in [4.69, 9.17) is 16.1 Å². The van der Waals surface area contributed by atoms with E-state index in [2.05, 4.69) is 20.4 Å². The van der Waals surface area contributed by atoms with Gasteiger partial charge in [-0.3, -0.25) is 4.79 Å². The topological polar surface area (TPSA) is 84.2 Å². The van der Waals surface area contributed by atoms with Gasteiger partial charge in [0, 0.05) is 45.3 Å². The summed E-state index contributed by atoms with van der Waals surface area (Å²) in [5.74, 6) is 1.20. The number of hydrogen-bond donors (Lipinski definition) is 1. The summed E-state index contributed by atoms with van der Waals surface area (Å²) in [6.07, 6.45) is 0.677. The molecule has 0 aliphatic carbocycles. The Morgan fingerprint density at radius 1 is 1.06 bits per heavy atom. The normalized spacial score (nSPS) is 13.0. The van der Waals surface area contributed by atoms with Crippen LogP contribution in [0.25, 0.3) is 11.3 Å². The fourth-order valence-corrected chi connectivity index (χ4v) is 4.18. The van der Waals surface area contributed by atoms with Crippen LogP contribution < -0.4 is 5.32 Å². The molecule has 1 amide bonds. The highest BCUT2D eigenvalue weighted by Crippen LogP contribution is 2.31. The largest absolute Gasteiger partial charge is 0.356 e. The lowest BCUT2D eigenvalue weighted by Crippen LogP contribution is -2.36. The molecule has 166 valence electrons. The van der Waals surface area contributed by atoms with Gasteiger partial charge in [-0.2, -0.15) is 0 Å². The summed E-state index contributed by atoms with van der Waals surface area (Å²) < 4.78 is 5.63. The van der Waals surface area contributed by atoms with Gasteiger partial charge in [-0.25, -0.2) is 9.97 Å². The van der Waals surface area contributed by atoms with Gasteiger partial charge in [-0.05, 0) is 68.8 Å². The fraction of sp³-hybridized carbons (Fsp3) is 0.200. The molecule has 0 fully saturated rings. The predicted molar refractivity (Wildman–Crippen MR) is 127 cm³/mol. The fourth-order valence-electron chi connectivity index (χ4n) is 4.06. The van der Waals surface area contributed by atoms with E-state index in [1.807, 2.05) is 68.4 Å². The average Bonchev–Trinajstić information content (AvgIpc) is 3.22. The van der Waals surface area contributed by atoms with Gasteiger partial charge in [0.05, 0.1) is 6.54 Å². The number of nitrogens with one attached hydrogen (secondary N) is 1. The van der Waals surface area contributed by atoms with Crippen LogP contribution in [0.1, 0.15) is 33.0 Å². The molecule has 0 saturated heterocycles. The number of hydrogen-bond acceptors (Lipinski definition) is 6. The monoisotopic (exact) mass is 459 g/mol. The molecule has 2 aromatic heterocycles. The van der Waals surface area contributed by atoms with Crippen molar-refractivity contribution in [3.05, 3.63) is 87.8 Å². The van der Waals surface area contributed by atoms with Gasteiger partial charge in [-0.15, -0.1) is 0 Å². The van der Waals surface area contributed by atoms with Gasteiger partial charge in [0.15, 0.2) is 5.76 Å². The number of aromatic nitrogens is 3. The molecular weight excluding hydrogens is 438 g/mol. The van der Waals surface area contributed by atoms with Crippen molar-refractivity contribution in [1.82, 2.24) is 20.0 Å². The second-order valence-electron chi connectivity index (χ2n) is 8.10. The molecule has 0 atom stereocenters. The number of carbonyl (C=O) groups is 1. The molecule has 7 nitrogen and oxygen atoms in total. The standard InChI is InChI=1S/C25H22ClN5O2/c1-15-12-16(2)28-25(27-15)29-20-5-3-4-18(13-20)24(32)31-11-10-21-22(14-31)30-33-23(21)17-6-8-19(26)9-7-17/h3-9,12-13H,10-11,14H2,1-2H3,(H,27,28,29). The molecule has 8 heteroatoms.